The molecule has 0 atom stereocenters. The minimum atomic E-state index is -3.74. The van der Waals surface area contributed by atoms with Crippen molar-refractivity contribution in [3.05, 3.63) is 65.2 Å². The summed E-state index contributed by atoms with van der Waals surface area (Å²) >= 11 is 6.32. The summed E-state index contributed by atoms with van der Waals surface area (Å²) in [7, 11) is -3.74. The normalized spacial score (nSPS) is 10.9. The number of ether oxygens (including phenoxy) is 1. The highest BCUT2D eigenvalue weighted by Gasteiger charge is 2.15. The van der Waals surface area contributed by atoms with Crippen LogP contribution in [0.25, 0.3) is 0 Å². The number of thiocarbonyl (C=S) groups is 1. The number of rotatable bonds is 7. The molecule has 3 N–H and O–H groups in total. The van der Waals surface area contributed by atoms with Crippen LogP contribution in [0.2, 0.25) is 0 Å². The third kappa shape index (κ3) is 6.48. The van der Waals surface area contributed by atoms with Gasteiger partial charge in [0.25, 0.3) is 15.9 Å². The number of sulfonamides is 1. The zero-order valence-electron chi connectivity index (χ0n) is 16.7. The van der Waals surface area contributed by atoms with E-state index in [-0.39, 0.29) is 21.7 Å². The summed E-state index contributed by atoms with van der Waals surface area (Å²) in [6, 6.07) is 11.7. The maximum absolute atomic E-state index is 12.4. The van der Waals surface area contributed by atoms with Crippen molar-refractivity contribution < 1.29 is 17.9 Å². The Labute approximate surface area is 189 Å². The predicted molar refractivity (Wildman–Crippen MR) is 125 cm³/mol. The molecular formula is C20H20N4O4S3. The first-order valence-corrected chi connectivity index (χ1v) is 11.8. The minimum absolute atomic E-state index is 0.0742. The molecule has 8 nitrogen and oxygen atoms in total. The van der Waals surface area contributed by atoms with Crippen molar-refractivity contribution in [2.24, 2.45) is 0 Å². The molecule has 0 aliphatic rings. The molecule has 3 rings (SSSR count). The van der Waals surface area contributed by atoms with Crippen molar-refractivity contribution in [3.8, 4) is 5.75 Å². The second-order valence-corrected chi connectivity index (χ2v) is 9.51. The number of nitrogens with zero attached hydrogens (tertiary/aromatic N) is 1. The standard InChI is InChI=1S/C20H20N4O4S3/c1-13-3-4-14(2)17(11-13)28-12-18(25)23-19(29)22-15-5-7-16(8-6-15)31(26,27)24-20-21-9-10-30-20/h3-11H,12H2,1-2H3,(H,21,24)(H2,22,23,25,29). The van der Waals surface area contributed by atoms with Crippen LogP contribution < -0.4 is 20.1 Å². The molecule has 1 amide bonds. The first-order valence-electron chi connectivity index (χ1n) is 9.06. The number of thiazole rings is 1. The number of anilines is 2. The summed E-state index contributed by atoms with van der Waals surface area (Å²) in [5.41, 5.74) is 2.48. The number of carbonyl (C=O) groups is 1. The van der Waals surface area contributed by atoms with E-state index in [0.29, 0.717) is 11.4 Å². The Morgan fingerprint density at radius 1 is 1.16 bits per heavy atom. The van der Waals surface area contributed by atoms with Crippen LogP contribution >= 0.6 is 23.6 Å². The van der Waals surface area contributed by atoms with Gasteiger partial charge in [-0.2, -0.15) is 0 Å². The second kappa shape index (κ2) is 9.86. The lowest BCUT2D eigenvalue weighted by molar-refractivity contribution is -0.121. The van der Waals surface area contributed by atoms with Crippen LogP contribution in [0.1, 0.15) is 11.1 Å². The lowest BCUT2D eigenvalue weighted by atomic mass is 10.1. The van der Waals surface area contributed by atoms with Crippen LogP contribution in [-0.2, 0) is 14.8 Å². The molecule has 0 radical (unpaired) electrons. The quantitative estimate of drug-likeness (QED) is 0.448. The van der Waals surface area contributed by atoms with Gasteiger partial charge < -0.3 is 10.1 Å². The highest BCUT2D eigenvalue weighted by molar-refractivity contribution is 7.93. The number of benzene rings is 2. The molecule has 3 aromatic rings. The number of hydrogen-bond donors (Lipinski definition) is 3. The lowest BCUT2D eigenvalue weighted by Crippen LogP contribution is -2.37. The smallest absolute Gasteiger partial charge is 0.264 e. The minimum Gasteiger partial charge on any atom is -0.483 e. The molecule has 0 unspecified atom stereocenters. The maximum atomic E-state index is 12.4. The van der Waals surface area contributed by atoms with Crippen molar-refractivity contribution in [3.63, 3.8) is 0 Å². The summed E-state index contributed by atoms with van der Waals surface area (Å²) in [5, 5.41) is 7.40. The van der Waals surface area contributed by atoms with E-state index in [9.17, 15) is 13.2 Å². The average molecular weight is 477 g/mol. The van der Waals surface area contributed by atoms with Gasteiger partial charge in [0.05, 0.1) is 4.90 Å². The number of amides is 1. The van der Waals surface area contributed by atoms with Gasteiger partial charge in [-0.05, 0) is 67.5 Å². The van der Waals surface area contributed by atoms with Crippen LogP contribution in [0.3, 0.4) is 0 Å². The Hall–Kier alpha value is -3.02. The van der Waals surface area contributed by atoms with E-state index >= 15 is 0 Å². The molecule has 11 heteroatoms. The molecule has 0 aliphatic carbocycles. The van der Waals surface area contributed by atoms with Crippen molar-refractivity contribution in [1.29, 1.82) is 0 Å². The predicted octanol–water partition coefficient (Wildman–Crippen LogP) is 3.45. The highest BCUT2D eigenvalue weighted by Crippen LogP contribution is 2.20. The van der Waals surface area contributed by atoms with Gasteiger partial charge in [-0.15, -0.1) is 11.3 Å². The molecule has 0 saturated carbocycles. The topological polar surface area (TPSA) is 109 Å². The first-order chi connectivity index (χ1) is 14.7. The zero-order chi connectivity index (χ0) is 22.4. The van der Waals surface area contributed by atoms with Crippen molar-refractivity contribution in [2.75, 3.05) is 16.6 Å². The van der Waals surface area contributed by atoms with Gasteiger partial charge >= 0.3 is 0 Å². The number of aromatic nitrogens is 1. The van der Waals surface area contributed by atoms with Crippen LogP contribution in [0.5, 0.6) is 5.75 Å². The molecule has 31 heavy (non-hydrogen) atoms. The Morgan fingerprint density at radius 3 is 2.58 bits per heavy atom. The van der Waals surface area contributed by atoms with Gasteiger partial charge in [-0.3, -0.25) is 14.8 Å². The van der Waals surface area contributed by atoms with E-state index in [0.717, 1.165) is 11.1 Å². The molecule has 0 saturated heterocycles. The van der Waals surface area contributed by atoms with E-state index < -0.39 is 15.9 Å². The highest BCUT2D eigenvalue weighted by atomic mass is 32.2. The van der Waals surface area contributed by atoms with Crippen LogP contribution in [0.15, 0.2) is 58.9 Å². The summed E-state index contributed by atoms with van der Waals surface area (Å²) < 4.78 is 32.6. The second-order valence-electron chi connectivity index (χ2n) is 6.53. The summed E-state index contributed by atoms with van der Waals surface area (Å²) in [6.07, 6.45) is 1.51. The fraction of sp³-hybridized carbons (Fsp3) is 0.150. The lowest BCUT2D eigenvalue weighted by Gasteiger charge is -2.12. The molecule has 1 aromatic heterocycles. The number of nitrogens with one attached hydrogen (secondary N) is 3. The molecule has 0 aliphatic heterocycles. The molecule has 2 aromatic carbocycles. The Balaban J connectivity index is 1.52. The first kappa shape index (κ1) is 22.7. The Kier molecular flexibility index (Phi) is 7.21. The number of aryl methyl sites for hydroxylation is 2. The van der Waals surface area contributed by atoms with E-state index in [1.807, 2.05) is 32.0 Å². The fourth-order valence-electron chi connectivity index (χ4n) is 2.50. The van der Waals surface area contributed by atoms with Crippen molar-refractivity contribution in [1.82, 2.24) is 10.3 Å². The van der Waals surface area contributed by atoms with E-state index in [2.05, 4.69) is 20.3 Å². The summed E-state index contributed by atoms with van der Waals surface area (Å²) in [4.78, 5) is 16.1. The largest absolute Gasteiger partial charge is 0.483 e. The van der Waals surface area contributed by atoms with Crippen LogP contribution in [-0.4, -0.2) is 31.0 Å². The molecular weight excluding hydrogens is 456 g/mol. The van der Waals surface area contributed by atoms with E-state index in [1.165, 1.54) is 29.7 Å². The van der Waals surface area contributed by atoms with Gasteiger partial charge in [0, 0.05) is 17.3 Å². The third-order valence-corrected chi connectivity index (χ3v) is 6.41. The van der Waals surface area contributed by atoms with Crippen LogP contribution in [0, 0.1) is 13.8 Å². The number of carbonyl (C=O) groups excluding carboxylic acids is 1. The molecule has 0 bridgehead atoms. The van der Waals surface area contributed by atoms with Crippen molar-refractivity contribution in [2.45, 2.75) is 18.7 Å². The van der Waals surface area contributed by atoms with E-state index in [4.69, 9.17) is 17.0 Å². The SMILES string of the molecule is Cc1ccc(C)c(OCC(=O)NC(=S)Nc2ccc(S(=O)(=O)Nc3nccs3)cc2)c1. The molecule has 1 heterocycles. The van der Waals surface area contributed by atoms with E-state index in [1.54, 1.807) is 17.5 Å². The third-order valence-electron chi connectivity index (χ3n) is 4.03. The van der Waals surface area contributed by atoms with Crippen LogP contribution in [0.4, 0.5) is 10.8 Å². The number of hydrogen-bond acceptors (Lipinski definition) is 7. The molecule has 0 spiro atoms. The molecule has 0 fully saturated rings. The van der Waals surface area contributed by atoms with Gasteiger partial charge in [0.1, 0.15) is 5.75 Å². The average Bonchev–Trinajstić information content (AvgIpc) is 3.21. The Bertz CT molecular complexity index is 1180. The molecule has 162 valence electrons. The summed E-state index contributed by atoms with van der Waals surface area (Å²) in [6.45, 7) is 3.65. The van der Waals surface area contributed by atoms with Gasteiger partial charge in [-0.25, -0.2) is 13.4 Å². The van der Waals surface area contributed by atoms with Gasteiger partial charge in [0.15, 0.2) is 16.9 Å². The van der Waals surface area contributed by atoms with Gasteiger partial charge in [0.2, 0.25) is 0 Å². The van der Waals surface area contributed by atoms with Gasteiger partial charge in [-0.1, -0.05) is 12.1 Å². The fourth-order valence-corrected chi connectivity index (χ4v) is 4.52. The monoisotopic (exact) mass is 476 g/mol. The van der Waals surface area contributed by atoms with Crippen molar-refractivity contribution >= 4 is 55.4 Å². The zero-order valence-corrected chi connectivity index (χ0v) is 19.2. The maximum Gasteiger partial charge on any atom is 0.264 e. The Morgan fingerprint density at radius 2 is 1.90 bits per heavy atom. The summed E-state index contributed by atoms with van der Waals surface area (Å²) in [5.74, 6) is 0.224.